The Morgan fingerprint density at radius 2 is 2.47 bits per heavy atom. The summed E-state index contributed by atoms with van der Waals surface area (Å²) in [6, 6.07) is 3.97. The average Bonchev–Trinajstić information content (AvgIpc) is 2.77. The molecule has 5 heteroatoms. The van der Waals surface area contributed by atoms with Crippen LogP contribution in [0.5, 0.6) is 0 Å². The zero-order valence-electron chi connectivity index (χ0n) is 8.12. The van der Waals surface area contributed by atoms with Crippen molar-refractivity contribution in [3.8, 4) is 0 Å². The molecule has 0 saturated carbocycles. The molecule has 0 aliphatic carbocycles. The maximum Gasteiger partial charge on any atom is 0.311 e. The lowest BCUT2D eigenvalue weighted by Gasteiger charge is -2.21. The summed E-state index contributed by atoms with van der Waals surface area (Å²) >= 11 is 5.01. The fourth-order valence-corrected chi connectivity index (χ4v) is 3.56. The van der Waals surface area contributed by atoms with E-state index in [2.05, 4.69) is 21.2 Å². The molecule has 0 aromatic carbocycles. The first-order valence-electron chi connectivity index (χ1n) is 4.81. The van der Waals surface area contributed by atoms with E-state index >= 15 is 0 Å². The summed E-state index contributed by atoms with van der Waals surface area (Å²) in [5.41, 5.74) is -0.593. The van der Waals surface area contributed by atoms with Gasteiger partial charge in [-0.2, -0.15) is 0 Å². The molecule has 3 nitrogen and oxygen atoms in total. The summed E-state index contributed by atoms with van der Waals surface area (Å²) in [4.78, 5) is 12.4. The maximum atomic E-state index is 11.3. The van der Waals surface area contributed by atoms with Gasteiger partial charge in [-0.05, 0) is 47.4 Å². The summed E-state index contributed by atoms with van der Waals surface area (Å²) < 4.78 is 1.06. The standard InChI is InChI=1S/C10H12BrNO2S/c11-8-2-1-7(15-8)5-10(9(13)14)3-4-12-6-10/h1-2,12H,3-6H2,(H,13,14). The fourth-order valence-electron chi connectivity index (χ4n) is 1.93. The molecule has 15 heavy (non-hydrogen) atoms. The van der Waals surface area contributed by atoms with E-state index < -0.39 is 11.4 Å². The van der Waals surface area contributed by atoms with Crippen LogP contribution in [0.25, 0.3) is 0 Å². The van der Waals surface area contributed by atoms with Crippen LogP contribution in [0.1, 0.15) is 11.3 Å². The van der Waals surface area contributed by atoms with E-state index in [1.165, 1.54) is 0 Å². The molecule has 1 aliphatic rings. The highest BCUT2D eigenvalue weighted by Crippen LogP contribution is 2.34. The number of halogens is 1. The third-order valence-corrected chi connectivity index (χ3v) is 4.46. The van der Waals surface area contributed by atoms with Crippen molar-refractivity contribution in [3.63, 3.8) is 0 Å². The largest absolute Gasteiger partial charge is 0.481 e. The molecule has 1 aromatic rings. The van der Waals surface area contributed by atoms with Gasteiger partial charge >= 0.3 is 5.97 Å². The molecule has 0 radical (unpaired) electrons. The molecule has 2 N–H and O–H groups in total. The minimum Gasteiger partial charge on any atom is -0.481 e. The normalized spacial score (nSPS) is 25.7. The Bertz CT molecular complexity index is 371. The number of carboxylic acids is 1. The number of thiophene rings is 1. The van der Waals surface area contributed by atoms with Gasteiger partial charge in [0.1, 0.15) is 0 Å². The van der Waals surface area contributed by atoms with E-state index in [-0.39, 0.29) is 0 Å². The van der Waals surface area contributed by atoms with Crippen LogP contribution < -0.4 is 5.32 Å². The van der Waals surface area contributed by atoms with E-state index in [1.807, 2.05) is 12.1 Å². The van der Waals surface area contributed by atoms with Crippen molar-refractivity contribution in [3.05, 3.63) is 20.8 Å². The molecule has 1 fully saturated rings. The summed E-state index contributed by atoms with van der Waals surface area (Å²) in [6.45, 7) is 1.39. The van der Waals surface area contributed by atoms with Gasteiger partial charge in [-0.1, -0.05) is 0 Å². The quantitative estimate of drug-likeness (QED) is 0.896. The Hall–Kier alpha value is -0.390. The molecule has 0 spiro atoms. The first kappa shape index (κ1) is 11.1. The van der Waals surface area contributed by atoms with Crippen molar-refractivity contribution in [2.75, 3.05) is 13.1 Å². The van der Waals surface area contributed by atoms with E-state index in [4.69, 9.17) is 0 Å². The Kier molecular flexibility index (Phi) is 3.13. The van der Waals surface area contributed by atoms with Crippen LogP contribution in [-0.4, -0.2) is 24.2 Å². The van der Waals surface area contributed by atoms with Crippen LogP contribution in [0.3, 0.4) is 0 Å². The summed E-state index contributed by atoms with van der Waals surface area (Å²) in [6.07, 6.45) is 1.35. The van der Waals surface area contributed by atoms with Gasteiger partial charge in [0.2, 0.25) is 0 Å². The lowest BCUT2D eigenvalue weighted by Crippen LogP contribution is -2.35. The number of carboxylic acid groups (broad SMARTS) is 1. The predicted octanol–water partition coefficient (Wildman–Crippen LogP) is 2.12. The Morgan fingerprint density at radius 1 is 1.67 bits per heavy atom. The number of carbonyl (C=O) groups is 1. The highest BCUT2D eigenvalue weighted by atomic mass is 79.9. The van der Waals surface area contributed by atoms with Crippen LogP contribution in [0.15, 0.2) is 15.9 Å². The minimum atomic E-state index is -0.683. The Morgan fingerprint density at radius 3 is 2.93 bits per heavy atom. The topological polar surface area (TPSA) is 49.3 Å². The number of aliphatic carboxylic acids is 1. The molecule has 1 saturated heterocycles. The van der Waals surface area contributed by atoms with Crippen molar-refractivity contribution < 1.29 is 9.90 Å². The van der Waals surface area contributed by atoms with Crippen molar-refractivity contribution >= 4 is 33.2 Å². The summed E-state index contributed by atoms with van der Waals surface area (Å²) in [5, 5.41) is 12.4. The summed E-state index contributed by atoms with van der Waals surface area (Å²) in [7, 11) is 0. The highest BCUT2D eigenvalue weighted by Gasteiger charge is 2.41. The van der Waals surface area contributed by atoms with Crippen molar-refractivity contribution in [1.29, 1.82) is 0 Å². The number of nitrogens with one attached hydrogen (secondary N) is 1. The second-order valence-corrected chi connectivity index (χ2v) is 6.44. The molecular formula is C10H12BrNO2S. The summed E-state index contributed by atoms with van der Waals surface area (Å²) in [5.74, 6) is -0.683. The van der Waals surface area contributed by atoms with Crippen LogP contribution in [0.4, 0.5) is 0 Å². The fraction of sp³-hybridized carbons (Fsp3) is 0.500. The van der Waals surface area contributed by atoms with Crippen molar-refractivity contribution in [2.24, 2.45) is 5.41 Å². The van der Waals surface area contributed by atoms with Gasteiger partial charge < -0.3 is 10.4 Å². The lowest BCUT2D eigenvalue weighted by molar-refractivity contribution is -0.147. The van der Waals surface area contributed by atoms with Crippen LogP contribution in [0, 0.1) is 5.41 Å². The van der Waals surface area contributed by atoms with Gasteiger partial charge in [0.25, 0.3) is 0 Å². The average molecular weight is 290 g/mol. The number of rotatable bonds is 3. The zero-order chi connectivity index (χ0) is 10.9. The predicted molar refractivity (Wildman–Crippen MR) is 63.3 cm³/mol. The Labute approximate surface area is 101 Å². The molecule has 1 unspecified atom stereocenters. The lowest BCUT2D eigenvalue weighted by atomic mass is 9.83. The molecule has 0 amide bonds. The van der Waals surface area contributed by atoms with E-state index in [9.17, 15) is 9.90 Å². The zero-order valence-corrected chi connectivity index (χ0v) is 10.5. The van der Waals surface area contributed by atoms with Gasteiger partial charge in [0.15, 0.2) is 0 Å². The second-order valence-electron chi connectivity index (χ2n) is 3.89. The third-order valence-electron chi connectivity index (χ3n) is 2.84. The molecule has 1 aliphatic heterocycles. The van der Waals surface area contributed by atoms with Gasteiger partial charge in [0, 0.05) is 11.4 Å². The molecule has 1 atom stereocenters. The van der Waals surface area contributed by atoms with E-state index in [0.29, 0.717) is 13.0 Å². The molecule has 2 rings (SSSR count). The third kappa shape index (κ3) is 2.24. The van der Waals surface area contributed by atoms with Gasteiger partial charge in [-0.25, -0.2) is 0 Å². The number of hydrogen-bond acceptors (Lipinski definition) is 3. The molecule has 82 valence electrons. The molecule has 0 bridgehead atoms. The van der Waals surface area contributed by atoms with Crippen LogP contribution in [-0.2, 0) is 11.2 Å². The number of hydrogen-bond donors (Lipinski definition) is 2. The first-order chi connectivity index (χ1) is 7.12. The molecule has 2 heterocycles. The van der Waals surface area contributed by atoms with E-state index in [0.717, 1.165) is 21.6 Å². The smallest absolute Gasteiger partial charge is 0.311 e. The van der Waals surface area contributed by atoms with Crippen molar-refractivity contribution in [1.82, 2.24) is 5.32 Å². The van der Waals surface area contributed by atoms with Gasteiger partial charge in [-0.3, -0.25) is 4.79 Å². The monoisotopic (exact) mass is 289 g/mol. The van der Waals surface area contributed by atoms with E-state index in [1.54, 1.807) is 11.3 Å². The minimum absolute atomic E-state index is 0.581. The van der Waals surface area contributed by atoms with Crippen LogP contribution in [0.2, 0.25) is 0 Å². The van der Waals surface area contributed by atoms with Crippen molar-refractivity contribution in [2.45, 2.75) is 12.8 Å². The second kappa shape index (κ2) is 4.23. The molecular weight excluding hydrogens is 278 g/mol. The van der Waals surface area contributed by atoms with Crippen LogP contribution >= 0.6 is 27.3 Å². The first-order valence-corrected chi connectivity index (χ1v) is 6.42. The highest BCUT2D eigenvalue weighted by molar-refractivity contribution is 9.11. The van der Waals surface area contributed by atoms with Gasteiger partial charge in [0.05, 0.1) is 9.20 Å². The maximum absolute atomic E-state index is 11.3. The van der Waals surface area contributed by atoms with Gasteiger partial charge in [-0.15, -0.1) is 11.3 Å². The SMILES string of the molecule is O=C(O)C1(Cc2ccc(Br)s2)CCNC1. The Balaban J connectivity index is 2.17. The molecule has 1 aromatic heterocycles.